The minimum Gasteiger partial charge on any atom is -0.340 e. The molecule has 0 radical (unpaired) electrons. The minimum absolute atomic E-state index is 0.0374. The van der Waals surface area contributed by atoms with Crippen molar-refractivity contribution in [2.24, 2.45) is 0 Å². The van der Waals surface area contributed by atoms with E-state index in [9.17, 15) is 13.2 Å². The third-order valence-electron chi connectivity index (χ3n) is 5.74. The highest BCUT2D eigenvalue weighted by Crippen LogP contribution is 2.26. The first-order valence-electron chi connectivity index (χ1n) is 10.9. The predicted molar refractivity (Wildman–Crippen MR) is 130 cm³/mol. The lowest BCUT2D eigenvalue weighted by Gasteiger charge is -2.34. The lowest BCUT2D eigenvalue weighted by Crippen LogP contribution is -2.50. The summed E-state index contributed by atoms with van der Waals surface area (Å²) in [6, 6.07) is 10.9. The molecule has 1 saturated heterocycles. The molecule has 9 heteroatoms. The molecule has 2 aromatic heterocycles. The lowest BCUT2D eigenvalue weighted by atomic mass is 9.87. The summed E-state index contributed by atoms with van der Waals surface area (Å²) in [6.07, 6.45) is 3.67. The summed E-state index contributed by atoms with van der Waals surface area (Å²) in [5, 5.41) is 2.72. The van der Waals surface area contributed by atoms with E-state index in [1.165, 1.54) is 15.6 Å². The van der Waals surface area contributed by atoms with Gasteiger partial charge in [-0.25, -0.2) is 13.4 Å². The number of thiazole rings is 1. The molecular weight excluding hydrogens is 456 g/mol. The number of aromatic nitrogens is 2. The number of carbonyl (C=O) groups is 1. The summed E-state index contributed by atoms with van der Waals surface area (Å²) in [5.41, 5.74) is 2.70. The standard InChI is InChI=1S/C24H28N4O3S2/c1-24(2,3)19-6-8-21(9-7-19)33(30,31)28-13-11-27(12-14-28)22(29)15-20-17-32-23(26-20)18-5-4-10-25-16-18/h4-10,16-17H,11-15H2,1-3H3. The van der Waals surface area contributed by atoms with Crippen LogP contribution in [0.5, 0.6) is 0 Å². The first-order valence-corrected chi connectivity index (χ1v) is 13.2. The summed E-state index contributed by atoms with van der Waals surface area (Å²) in [6.45, 7) is 7.60. The van der Waals surface area contributed by atoms with Crippen molar-refractivity contribution in [3.05, 3.63) is 65.4 Å². The van der Waals surface area contributed by atoms with Crippen molar-refractivity contribution < 1.29 is 13.2 Å². The molecule has 1 aromatic carbocycles. The number of nitrogens with zero attached hydrogens (tertiary/aromatic N) is 4. The van der Waals surface area contributed by atoms with Crippen LogP contribution in [0.2, 0.25) is 0 Å². The first-order chi connectivity index (χ1) is 15.6. The number of carbonyl (C=O) groups excluding carboxylic acids is 1. The SMILES string of the molecule is CC(C)(C)c1ccc(S(=O)(=O)N2CCN(C(=O)Cc3csc(-c4cccnc4)n3)CC2)cc1. The fraction of sp³-hybridized carbons (Fsp3) is 0.375. The average Bonchev–Trinajstić information content (AvgIpc) is 3.28. The Balaban J connectivity index is 1.35. The van der Waals surface area contributed by atoms with Gasteiger partial charge in [0.05, 0.1) is 17.0 Å². The number of benzene rings is 1. The monoisotopic (exact) mass is 484 g/mol. The molecule has 3 heterocycles. The van der Waals surface area contributed by atoms with Crippen LogP contribution in [0.1, 0.15) is 32.0 Å². The maximum absolute atomic E-state index is 13.1. The lowest BCUT2D eigenvalue weighted by molar-refractivity contribution is -0.131. The van der Waals surface area contributed by atoms with Crippen LogP contribution in [0, 0.1) is 0 Å². The van der Waals surface area contributed by atoms with E-state index >= 15 is 0 Å². The molecule has 7 nitrogen and oxygen atoms in total. The second kappa shape index (κ2) is 9.32. The summed E-state index contributed by atoms with van der Waals surface area (Å²) < 4.78 is 27.6. The molecule has 0 spiro atoms. The van der Waals surface area contributed by atoms with E-state index in [-0.39, 0.29) is 30.8 Å². The zero-order chi connectivity index (χ0) is 23.6. The third-order valence-corrected chi connectivity index (χ3v) is 8.60. The summed E-state index contributed by atoms with van der Waals surface area (Å²) in [5.74, 6) is -0.0374. The first kappa shape index (κ1) is 23.5. The van der Waals surface area contributed by atoms with Crippen molar-refractivity contribution in [2.75, 3.05) is 26.2 Å². The number of amides is 1. The second-order valence-corrected chi connectivity index (χ2v) is 11.9. The van der Waals surface area contributed by atoms with Crippen molar-refractivity contribution in [1.29, 1.82) is 0 Å². The Bertz CT molecular complexity index is 1210. The molecule has 1 aliphatic heterocycles. The minimum atomic E-state index is -3.58. The number of piperazine rings is 1. The van der Waals surface area contributed by atoms with Crippen LogP contribution in [0.4, 0.5) is 0 Å². The van der Waals surface area contributed by atoms with E-state index in [0.717, 1.165) is 21.8 Å². The number of sulfonamides is 1. The van der Waals surface area contributed by atoms with E-state index in [2.05, 4.69) is 30.7 Å². The molecular formula is C24H28N4O3S2. The Kier molecular flexibility index (Phi) is 6.65. The van der Waals surface area contributed by atoms with Gasteiger partial charge in [-0.1, -0.05) is 32.9 Å². The maximum atomic E-state index is 13.1. The molecule has 33 heavy (non-hydrogen) atoms. The van der Waals surface area contributed by atoms with Gasteiger partial charge in [0.25, 0.3) is 0 Å². The Labute approximate surface area is 199 Å². The largest absolute Gasteiger partial charge is 0.340 e. The zero-order valence-electron chi connectivity index (χ0n) is 19.1. The topological polar surface area (TPSA) is 83.5 Å². The van der Waals surface area contributed by atoms with Gasteiger partial charge in [0.15, 0.2) is 0 Å². The van der Waals surface area contributed by atoms with Gasteiger partial charge in [-0.05, 0) is 35.2 Å². The Morgan fingerprint density at radius 3 is 2.36 bits per heavy atom. The Morgan fingerprint density at radius 1 is 1.06 bits per heavy atom. The normalized spacial score (nSPS) is 15.5. The highest BCUT2D eigenvalue weighted by molar-refractivity contribution is 7.89. The van der Waals surface area contributed by atoms with Crippen LogP contribution in [-0.2, 0) is 26.7 Å². The number of hydrogen-bond acceptors (Lipinski definition) is 6. The van der Waals surface area contributed by atoms with Gasteiger partial charge in [-0.15, -0.1) is 11.3 Å². The Hall–Kier alpha value is -2.62. The van der Waals surface area contributed by atoms with Crippen molar-refractivity contribution in [2.45, 2.75) is 37.5 Å². The summed E-state index contributed by atoms with van der Waals surface area (Å²) in [4.78, 5) is 23.5. The molecule has 1 fully saturated rings. The van der Waals surface area contributed by atoms with Crippen molar-refractivity contribution in [1.82, 2.24) is 19.2 Å². The van der Waals surface area contributed by atoms with Crippen molar-refractivity contribution in [3.8, 4) is 10.6 Å². The molecule has 1 aliphatic rings. The number of hydrogen-bond donors (Lipinski definition) is 0. The molecule has 0 bridgehead atoms. The van der Waals surface area contributed by atoms with Gasteiger partial charge in [0.2, 0.25) is 15.9 Å². The van der Waals surface area contributed by atoms with Gasteiger partial charge in [-0.3, -0.25) is 9.78 Å². The van der Waals surface area contributed by atoms with E-state index in [0.29, 0.717) is 18.0 Å². The van der Waals surface area contributed by atoms with Gasteiger partial charge < -0.3 is 4.90 Å². The molecule has 174 valence electrons. The highest BCUT2D eigenvalue weighted by atomic mass is 32.2. The van der Waals surface area contributed by atoms with Gasteiger partial charge in [-0.2, -0.15) is 4.31 Å². The molecule has 0 atom stereocenters. The van der Waals surface area contributed by atoms with Gasteiger partial charge in [0, 0.05) is 49.5 Å². The quantitative estimate of drug-likeness (QED) is 0.553. The molecule has 0 saturated carbocycles. The highest BCUT2D eigenvalue weighted by Gasteiger charge is 2.30. The fourth-order valence-electron chi connectivity index (χ4n) is 3.73. The van der Waals surface area contributed by atoms with Crippen LogP contribution >= 0.6 is 11.3 Å². The molecule has 0 unspecified atom stereocenters. The maximum Gasteiger partial charge on any atom is 0.243 e. The van der Waals surface area contributed by atoms with E-state index in [1.54, 1.807) is 29.4 Å². The number of rotatable bonds is 5. The Morgan fingerprint density at radius 2 is 1.76 bits per heavy atom. The van der Waals surface area contributed by atoms with Crippen LogP contribution < -0.4 is 0 Å². The predicted octanol–water partition coefficient (Wildman–Crippen LogP) is 3.58. The summed E-state index contributed by atoms with van der Waals surface area (Å²) >= 11 is 1.49. The van der Waals surface area contributed by atoms with Gasteiger partial charge in [0.1, 0.15) is 5.01 Å². The van der Waals surface area contributed by atoms with Gasteiger partial charge >= 0.3 is 0 Å². The van der Waals surface area contributed by atoms with Crippen LogP contribution in [-0.4, -0.2) is 59.7 Å². The van der Waals surface area contributed by atoms with Crippen molar-refractivity contribution in [3.63, 3.8) is 0 Å². The second-order valence-electron chi connectivity index (χ2n) is 9.12. The third kappa shape index (κ3) is 5.31. The van der Waals surface area contributed by atoms with Crippen molar-refractivity contribution >= 4 is 27.3 Å². The number of pyridine rings is 1. The molecule has 1 amide bonds. The molecule has 3 aromatic rings. The van der Waals surface area contributed by atoms with Crippen LogP contribution in [0.25, 0.3) is 10.6 Å². The molecule has 0 N–H and O–H groups in total. The van der Waals surface area contributed by atoms with E-state index < -0.39 is 10.0 Å². The average molecular weight is 485 g/mol. The van der Waals surface area contributed by atoms with E-state index in [4.69, 9.17) is 0 Å². The molecule has 0 aliphatic carbocycles. The smallest absolute Gasteiger partial charge is 0.243 e. The zero-order valence-corrected chi connectivity index (χ0v) is 20.7. The van der Waals surface area contributed by atoms with E-state index in [1.807, 2.05) is 29.6 Å². The van der Waals surface area contributed by atoms with Crippen LogP contribution in [0.15, 0.2) is 59.1 Å². The fourth-order valence-corrected chi connectivity index (χ4v) is 5.96. The molecule has 4 rings (SSSR count). The summed E-state index contributed by atoms with van der Waals surface area (Å²) in [7, 11) is -3.58. The van der Waals surface area contributed by atoms with Crippen LogP contribution in [0.3, 0.4) is 0 Å².